The van der Waals surface area contributed by atoms with E-state index in [-0.39, 0.29) is 17.6 Å². The predicted molar refractivity (Wildman–Crippen MR) is 86.2 cm³/mol. The van der Waals surface area contributed by atoms with Gasteiger partial charge in [-0.25, -0.2) is 0 Å². The van der Waals surface area contributed by atoms with Crippen molar-refractivity contribution in [1.82, 2.24) is 4.90 Å². The highest BCUT2D eigenvalue weighted by Crippen LogP contribution is 2.23. The van der Waals surface area contributed by atoms with Gasteiger partial charge >= 0.3 is 0 Å². The Morgan fingerprint density at radius 3 is 2.36 bits per heavy atom. The molecule has 0 aliphatic carbocycles. The van der Waals surface area contributed by atoms with E-state index in [0.717, 1.165) is 37.0 Å². The summed E-state index contributed by atoms with van der Waals surface area (Å²) in [6.07, 6.45) is 4.15. The molecule has 1 fully saturated rings. The highest BCUT2D eigenvalue weighted by atomic mass is 16.5. The minimum atomic E-state index is 0.0311. The normalized spacial score (nSPS) is 15.6. The Balaban J connectivity index is 1.87. The topological polar surface area (TPSA) is 46.6 Å². The number of hydrogen-bond donors (Lipinski definition) is 0. The number of benzene rings is 1. The zero-order valence-corrected chi connectivity index (χ0v) is 13.5. The number of methoxy groups -OCH3 is 1. The summed E-state index contributed by atoms with van der Waals surface area (Å²) in [5.74, 6) is 1.21. The van der Waals surface area contributed by atoms with Crippen molar-refractivity contribution in [3.8, 4) is 5.75 Å². The monoisotopic (exact) mass is 303 g/mol. The van der Waals surface area contributed by atoms with Crippen molar-refractivity contribution in [3.05, 3.63) is 29.8 Å². The third kappa shape index (κ3) is 4.09. The van der Waals surface area contributed by atoms with Crippen molar-refractivity contribution < 1.29 is 14.3 Å². The number of likely N-dealkylation sites (tertiary alicyclic amines) is 1. The second-order valence-corrected chi connectivity index (χ2v) is 5.85. The summed E-state index contributed by atoms with van der Waals surface area (Å²) in [5, 5.41) is 0. The lowest BCUT2D eigenvalue weighted by Crippen LogP contribution is -2.40. The molecule has 1 aliphatic rings. The number of hydrogen-bond acceptors (Lipinski definition) is 3. The number of carbonyl (C=O) groups excluding carboxylic acids is 2. The minimum absolute atomic E-state index is 0.0311. The third-order valence-electron chi connectivity index (χ3n) is 4.34. The second-order valence-electron chi connectivity index (χ2n) is 5.85. The van der Waals surface area contributed by atoms with Gasteiger partial charge in [-0.2, -0.15) is 0 Å². The van der Waals surface area contributed by atoms with Crippen LogP contribution in [0.2, 0.25) is 0 Å². The van der Waals surface area contributed by atoms with E-state index in [1.807, 2.05) is 29.2 Å². The van der Waals surface area contributed by atoms with E-state index in [2.05, 4.69) is 6.92 Å². The molecule has 0 unspecified atom stereocenters. The van der Waals surface area contributed by atoms with Gasteiger partial charge in [-0.05, 0) is 43.5 Å². The molecule has 4 heteroatoms. The van der Waals surface area contributed by atoms with Crippen LogP contribution in [-0.4, -0.2) is 36.8 Å². The Labute approximate surface area is 132 Å². The fourth-order valence-electron chi connectivity index (χ4n) is 2.87. The van der Waals surface area contributed by atoms with E-state index >= 15 is 0 Å². The average Bonchev–Trinajstić information content (AvgIpc) is 2.59. The van der Waals surface area contributed by atoms with Gasteiger partial charge in [0.05, 0.1) is 7.11 Å². The molecule has 0 saturated carbocycles. The van der Waals surface area contributed by atoms with Crippen LogP contribution in [0.25, 0.3) is 0 Å². The molecule has 1 saturated heterocycles. The van der Waals surface area contributed by atoms with Gasteiger partial charge in [-0.3, -0.25) is 9.59 Å². The maximum Gasteiger partial charge on any atom is 0.222 e. The molecule has 1 aliphatic heterocycles. The third-order valence-corrected chi connectivity index (χ3v) is 4.34. The molecule has 2 rings (SSSR count). The molecule has 1 amide bonds. The summed E-state index contributed by atoms with van der Waals surface area (Å²) < 4.78 is 5.11. The SMILES string of the molecule is CCCCC(=O)N1CCC(C(=O)c2ccc(OC)cc2)CC1. The van der Waals surface area contributed by atoms with Crippen molar-refractivity contribution in [2.75, 3.05) is 20.2 Å². The van der Waals surface area contributed by atoms with Gasteiger partial charge in [0.1, 0.15) is 5.75 Å². The van der Waals surface area contributed by atoms with Crippen LogP contribution in [-0.2, 0) is 4.79 Å². The van der Waals surface area contributed by atoms with E-state index in [9.17, 15) is 9.59 Å². The number of ether oxygens (including phenoxy) is 1. The van der Waals surface area contributed by atoms with Gasteiger partial charge in [0.15, 0.2) is 5.78 Å². The quantitative estimate of drug-likeness (QED) is 0.757. The molecule has 0 aromatic heterocycles. The van der Waals surface area contributed by atoms with Crippen LogP contribution in [0.3, 0.4) is 0 Å². The van der Waals surface area contributed by atoms with E-state index in [1.54, 1.807) is 7.11 Å². The maximum absolute atomic E-state index is 12.5. The van der Waals surface area contributed by atoms with E-state index in [4.69, 9.17) is 4.74 Å². The molecule has 0 spiro atoms. The van der Waals surface area contributed by atoms with Crippen LogP contribution < -0.4 is 4.74 Å². The molecule has 0 bridgehead atoms. The zero-order chi connectivity index (χ0) is 15.9. The molecule has 0 radical (unpaired) electrons. The lowest BCUT2D eigenvalue weighted by Gasteiger charge is -2.31. The van der Waals surface area contributed by atoms with E-state index in [1.165, 1.54) is 0 Å². The summed E-state index contributed by atoms with van der Waals surface area (Å²) in [5.41, 5.74) is 0.733. The number of piperidine rings is 1. The summed E-state index contributed by atoms with van der Waals surface area (Å²) in [6, 6.07) is 7.27. The van der Waals surface area contributed by atoms with Crippen LogP contribution in [0, 0.1) is 5.92 Å². The first-order valence-electron chi connectivity index (χ1n) is 8.11. The Kier molecular flexibility index (Phi) is 5.99. The fraction of sp³-hybridized carbons (Fsp3) is 0.556. The number of rotatable bonds is 6. The maximum atomic E-state index is 12.5. The van der Waals surface area contributed by atoms with Gasteiger partial charge in [-0.15, -0.1) is 0 Å². The number of nitrogens with zero attached hydrogens (tertiary/aromatic N) is 1. The lowest BCUT2D eigenvalue weighted by molar-refractivity contribution is -0.132. The van der Waals surface area contributed by atoms with Crippen LogP contribution in [0.4, 0.5) is 0 Å². The van der Waals surface area contributed by atoms with Crippen molar-refractivity contribution in [3.63, 3.8) is 0 Å². The molecular weight excluding hydrogens is 278 g/mol. The lowest BCUT2D eigenvalue weighted by atomic mass is 9.88. The predicted octanol–water partition coefficient (Wildman–Crippen LogP) is 3.31. The standard InChI is InChI=1S/C18H25NO3/c1-3-4-5-17(20)19-12-10-15(11-13-19)18(21)14-6-8-16(22-2)9-7-14/h6-9,15H,3-5,10-13H2,1-2H3. The van der Waals surface area contributed by atoms with Crippen molar-refractivity contribution in [2.45, 2.75) is 39.0 Å². The number of Topliss-reactive ketones (excluding diaryl/α,β-unsaturated/α-hetero) is 1. The van der Waals surface area contributed by atoms with Gasteiger partial charge < -0.3 is 9.64 Å². The number of amides is 1. The average molecular weight is 303 g/mol. The van der Waals surface area contributed by atoms with Crippen molar-refractivity contribution in [2.24, 2.45) is 5.92 Å². The first-order chi connectivity index (χ1) is 10.7. The summed E-state index contributed by atoms with van der Waals surface area (Å²) in [4.78, 5) is 26.4. The van der Waals surface area contributed by atoms with Gasteiger partial charge in [-0.1, -0.05) is 13.3 Å². The van der Waals surface area contributed by atoms with E-state index < -0.39 is 0 Å². The van der Waals surface area contributed by atoms with Crippen LogP contribution >= 0.6 is 0 Å². The fourth-order valence-corrected chi connectivity index (χ4v) is 2.87. The summed E-state index contributed by atoms with van der Waals surface area (Å²) in [6.45, 7) is 3.50. The van der Waals surface area contributed by atoms with E-state index in [0.29, 0.717) is 19.5 Å². The summed E-state index contributed by atoms with van der Waals surface area (Å²) in [7, 11) is 1.61. The second kappa shape index (κ2) is 7.97. The first-order valence-corrected chi connectivity index (χ1v) is 8.11. The minimum Gasteiger partial charge on any atom is -0.497 e. The van der Waals surface area contributed by atoms with Gasteiger partial charge in [0.2, 0.25) is 5.91 Å². The highest BCUT2D eigenvalue weighted by Gasteiger charge is 2.27. The van der Waals surface area contributed by atoms with Crippen LogP contribution in [0.15, 0.2) is 24.3 Å². The molecule has 1 heterocycles. The first kappa shape index (κ1) is 16.5. The molecule has 4 nitrogen and oxygen atoms in total. The number of unbranched alkanes of at least 4 members (excludes halogenated alkanes) is 1. The number of carbonyl (C=O) groups is 2. The zero-order valence-electron chi connectivity index (χ0n) is 13.5. The Bertz CT molecular complexity index is 502. The smallest absolute Gasteiger partial charge is 0.222 e. The Hall–Kier alpha value is -1.84. The highest BCUT2D eigenvalue weighted by molar-refractivity contribution is 5.98. The Morgan fingerprint density at radius 2 is 1.82 bits per heavy atom. The molecule has 120 valence electrons. The molecule has 0 atom stereocenters. The molecule has 0 N–H and O–H groups in total. The molecule has 1 aromatic carbocycles. The van der Waals surface area contributed by atoms with Crippen LogP contribution in [0.1, 0.15) is 49.4 Å². The van der Waals surface area contributed by atoms with Gasteiger partial charge in [0.25, 0.3) is 0 Å². The number of ketones is 1. The van der Waals surface area contributed by atoms with Crippen LogP contribution in [0.5, 0.6) is 5.75 Å². The van der Waals surface area contributed by atoms with Crippen molar-refractivity contribution >= 4 is 11.7 Å². The van der Waals surface area contributed by atoms with Gasteiger partial charge in [0, 0.05) is 31.0 Å². The largest absolute Gasteiger partial charge is 0.497 e. The molecule has 22 heavy (non-hydrogen) atoms. The summed E-state index contributed by atoms with van der Waals surface area (Å²) >= 11 is 0. The van der Waals surface area contributed by atoms with Crippen molar-refractivity contribution in [1.29, 1.82) is 0 Å². The Morgan fingerprint density at radius 1 is 1.18 bits per heavy atom. The molecular formula is C18H25NO3. The molecule has 1 aromatic rings.